The summed E-state index contributed by atoms with van der Waals surface area (Å²) in [4.78, 5) is 20.0. The third-order valence-corrected chi connectivity index (χ3v) is 6.36. The summed E-state index contributed by atoms with van der Waals surface area (Å²) in [5, 5.41) is 13.9. The molecular formula is C24H47NaO8S. The van der Waals surface area contributed by atoms with Crippen LogP contribution in [0.5, 0.6) is 0 Å². The summed E-state index contributed by atoms with van der Waals surface area (Å²) in [5.74, 6) is -3.50. The average Bonchev–Trinajstić information content (AvgIpc) is 2.73. The molecule has 0 amide bonds. The van der Waals surface area contributed by atoms with Crippen molar-refractivity contribution >= 4 is 22.1 Å². The maximum Gasteiger partial charge on any atom is 1.00 e. The monoisotopic (exact) mass is 518 g/mol. The van der Waals surface area contributed by atoms with Crippen LogP contribution in [0.15, 0.2) is 0 Å². The van der Waals surface area contributed by atoms with E-state index >= 15 is 0 Å². The van der Waals surface area contributed by atoms with Gasteiger partial charge in [-0.05, 0) is 6.42 Å². The molecule has 198 valence electrons. The largest absolute Gasteiger partial charge is 1.00 e. The number of rotatable bonds is 22. The van der Waals surface area contributed by atoms with E-state index in [1.54, 1.807) is 6.61 Å². The maximum absolute atomic E-state index is 10.2. The zero-order valence-corrected chi connectivity index (χ0v) is 24.5. The van der Waals surface area contributed by atoms with Gasteiger partial charge in [0.25, 0.3) is 10.1 Å². The zero-order chi connectivity index (χ0) is 25.4. The Labute approximate surface area is 229 Å². The minimum Gasteiger partial charge on any atom is -0.552 e. The molecule has 0 aliphatic heterocycles. The molecule has 0 aromatic carbocycles. The predicted octanol–water partition coefficient (Wildman–Crippen LogP) is 3.25. The van der Waals surface area contributed by atoms with Crippen LogP contribution in [0.4, 0.5) is 0 Å². The molecule has 0 fully saturated rings. The number of carboxylic acids is 2. The second kappa shape index (κ2) is 27.4. The predicted molar refractivity (Wildman–Crippen MR) is 131 cm³/mol. The van der Waals surface area contributed by atoms with Crippen molar-refractivity contribution in [3.8, 4) is 0 Å². The molecule has 0 radical (unpaired) electrons. The molecule has 0 aromatic heterocycles. The Balaban J connectivity index is -0.000000632. The molecule has 1 unspecified atom stereocenters. The molecule has 0 heterocycles. The molecule has 0 aromatic rings. The number of ether oxygens (including phenoxy) is 1. The van der Waals surface area contributed by atoms with Crippen molar-refractivity contribution in [2.24, 2.45) is 0 Å². The SMILES string of the molecule is C[CH-]OCCCCCCCCCCCCCCCCCC.O=C(O)CC(C(=O)O)S(=O)(=O)O.[Na+]. The second-order valence-corrected chi connectivity index (χ2v) is 9.95. The van der Waals surface area contributed by atoms with E-state index in [1.165, 1.54) is 103 Å². The van der Waals surface area contributed by atoms with Crippen LogP contribution in [0.25, 0.3) is 0 Å². The van der Waals surface area contributed by atoms with Crippen LogP contribution in [0, 0.1) is 6.61 Å². The van der Waals surface area contributed by atoms with Crippen LogP contribution < -0.4 is 29.6 Å². The van der Waals surface area contributed by atoms with Gasteiger partial charge in [0.1, 0.15) is 0 Å². The minimum atomic E-state index is -4.84. The molecule has 10 heteroatoms. The number of unbranched alkanes of at least 4 members (excludes halogenated alkanes) is 15. The molecule has 0 bridgehead atoms. The van der Waals surface area contributed by atoms with Crippen molar-refractivity contribution in [2.45, 2.75) is 128 Å². The standard InChI is InChI=1S/C20H41O.C4H6O7S.Na/c1-3-5-6-7-8-9-10-11-12-13-14-15-16-17-18-19-20-21-4-2;5-3(6)1-2(4(7)8)12(9,10)11;/h4H,3,5-20H2,1-2H3;2H,1H2,(H,5,6)(H,7,8)(H,9,10,11);/q-1;;+1. The fraction of sp³-hybridized carbons (Fsp3) is 0.875. The molecule has 0 saturated heterocycles. The van der Waals surface area contributed by atoms with Crippen molar-refractivity contribution in [2.75, 3.05) is 6.61 Å². The van der Waals surface area contributed by atoms with Gasteiger partial charge in [-0.3, -0.25) is 14.1 Å². The Hall–Kier alpha value is -0.190. The topological polar surface area (TPSA) is 138 Å². The molecule has 0 aliphatic rings. The molecule has 0 rings (SSSR count). The summed E-state index contributed by atoms with van der Waals surface area (Å²) >= 11 is 0. The van der Waals surface area contributed by atoms with Crippen LogP contribution in [0.1, 0.15) is 123 Å². The molecule has 8 nitrogen and oxygen atoms in total. The first-order valence-electron chi connectivity index (χ1n) is 12.5. The van der Waals surface area contributed by atoms with Crippen LogP contribution >= 0.6 is 0 Å². The van der Waals surface area contributed by atoms with Gasteiger partial charge in [0, 0.05) is 6.61 Å². The van der Waals surface area contributed by atoms with Gasteiger partial charge < -0.3 is 14.9 Å². The van der Waals surface area contributed by atoms with Gasteiger partial charge >= 0.3 is 41.5 Å². The van der Waals surface area contributed by atoms with Gasteiger partial charge in [0.2, 0.25) is 0 Å². The smallest absolute Gasteiger partial charge is 0.552 e. The van der Waals surface area contributed by atoms with Gasteiger partial charge in [-0.25, -0.2) is 6.61 Å². The van der Waals surface area contributed by atoms with E-state index < -0.39 is 33.7 Å². The first-order valence-corrected chi connectivity index (χ1v) is 14.0. The van der Waals surface area contributed by atoms with E-state index in [2.05, 4.69) is 6.92 Å². The summed E-state index contributed by atoms with van der Waals surface area (Å²) in [6, 6.07) is 0. The fourth-order valence-corrected chi connectivity index (χ4v) is 3.94. The van der Waals surface area contributed by atoms with Crippen molar-refractivity contribution in [1.82, 2.24) is 0 Å². The van der Waals surface area contributed by atoms with E-state index in [-0.39, 0.29) is 29.6 Å². The van der Waals surface area contributed by atoms with Crippen LogP contribution in [0.3, 0.4) is 0 Å². The quantitative estimate of drug-likeness (QED) is 0.0859. The molecule has 3 N–H and O–H groups in total. The second-order valence-electron chi connectivity index (χ2n) is 8.35. The Morgan fingerprint density at radius 2 is 1.12 bits per heavy atom. The van der Waals surface area contributed by atoms with Gasteiger partial charge in [0.05, 0.1) is 6.42 Å². The summed E-state index contributed by atoms with van der Waals surface area (Å²) < 4.78 is 33.9. The number of carboxylic acid groups (broad SMARTS) is 2. The van der Waals surface area contributed by atoms with Gasteiger partial charge in [0.15, 0.2) is 5.25 Å². The average molecular weight is 519 g/mol. The zero-order valence-electron chi connectivity index (χ0n) is 21.7. The van der Waals surface area contributed by atoms with Crippen molar-refractivity contribution in [3.05, 3.63) is 6.61 Å². The third-order valence-electron chi connectivity index (χ3n) is 5.28. The van der Waals surface area contributed by atoms with E-state index in [0.29, 0.717) is 0 Å². The number of hydrogen-bond acceptors (Lipinski definition) is 5. The minimum absolute atomic E-state index is 0. The number of aliphatic carboxylic acids is 2. The normalized spacial score (nSPS) is 11.7. The van der Waals surface area contributed by atoms with Crippen molar-refractivity contribution in [3.63, 3.8) is 0 Å². The molecule has 0 saturated carbocycles. The van der Waals surface area contributed by atoms with Gasteiger partial charge in [-0.2, -0.15) is 15.3 Å². The Kier molecular flexibility index (Phi) is 30.9. The van der Waals surface area contributed by atoms with Gasteiger partial charge in [-0.15, -0.1) is 0 Å². The summed E-state index contributed by atoms with van der Waals surface area (Å²) in [5.41, 5.74) is 0. The van der Waals surface area contributed by atoms with Crippen LogP contribution in [-0.4, -0.2) is 47.0 Å². The Bertz CT molecular complexity index is 551. The molecule has 0 aliphatic carbocycles. The van der Waals surface area contributed by atoms with E-state index in [1.807, 2.05) is 6.92 Å². The Morgan fingerprint density at radius 1 is 0.765 bits per heavy atom. The molecule has 34 heavy (non-hydrogen) atoms. The molecule has 1 atom stereocenters. The summed E-state index contributed by atoms with van der Waals surface area (Å²) in [6.07, 6.45) is 21.7. The maximum atomic E-state index is 10.2. The summed E-state index contributed by atoms with van der Waals surface area (Å²) in [7, 11) is -4.84. The van der Waals surface area contributed by atoms with E-state index in [0.717, 1.165) is 6.61 Å². The van der Waals surface area contributed by atoms with Gasteiger partial charge in [-0.1, -0.05) is 103 Å². The first kappa shape index (κ1) is 38.3. The van der Waals surface area contributed by atoms with E-state index in [4.69, 9.17) is 19.5 Å². The number of carbonyl (C=O) groups is 2. The first-order chi connectivity index (χ1) is 15.7. The van der Waals surface area contributed by atoms with Crippen molar-refractivity contribution in [1.29, 1.82) is 0 Å². The molecule has 0 spiro atoms. The van der Waals surface area contributed by atoms with Crippen LogP contribution in [0.2, 0.25) is 0 Å². The molecular weight excluding hydrogens is 471 g/mol. The van der Waals surface area contributed by atoms with Crippen LogP contribution in [-0.2, 0) is 24.4 Å². The third kappa shape index (κ3) is 29.8. The fourth-order valence-electron chi connectivity index (χ4n) is 3.33. The number of hydrogen-bond donors (Lipinski definition) is 3. The van der Waals surface area contributed by atoms with Crippen molar-refractivity contribution < 1.29 is 67.1 Å². The Morgan fingerprint density at radius 3 is 1.35 bits per heavy atom. The summed E-state index contributed by atoms with van der Waals surface area (Å²) in [6.45, 7) is 6.95. The van der Waals surface area contributed by atoms with E-state index in [9.17, 15) is 18.0 Å².